The minimum atomic E-state index is -0.795. The molecule has 1 aromatic carbocycles. The molecule has 0 saturated carbocycles. The van der Waals surface area contributed by atoms with Gasteiger partial charge in [0, 0.05) is 18.0 Å². The van der Waals surface area contributed by atoms with Crippen LogP contribution in [0.1, 0.15) is 24.0 Å². The third-order valence-corrected chi connectivity index (χ3v) is 5.30. The van der Waals surface area contributed by atoms with Gasteiger partial charge in [-0.2, -0.15) is 0 Å². The van der Waals surface area contributed by atoms with Crippen molar-refractivity contribution < 1.29 is 14.7 Å². The van der Waals surface area contributed by atoms with Gasteiger partial charge in [0.2, 0.25) is 5.91 Å². The number of nitrogens with zero attached hydrogens (tertiary/aromatic N) is 1. The van der Waals surface area contributed by atoms with Crippen molar-refractivity contribution in [2.24, 2.45) is 5.92 Å². The summed E-state index contributed by atoms with van der Waals surface area (Å²) < 4.78 is 0. The summed E-state index contributed by atoms with van der Waals surface area (Å²) >= 11 is 1.55. The largest absolute Gasteiger partial charge is 0.481 e. The predicted molar refractivity (Wildman–Crippen MR) is 81.5 cm³/mol. The number of carbonyl (C=O) groups excluding carboxylic acids is 1. The zero-order valence-electron chi connectivity index (χ0n) is 11.9. The van der Waals surface area contributed by atoms with Crippen molar-refractivity contribution in [2.45, 2.75) is 30.6 Å². The summed E-state index contributed by atoms with van der Waals surface area (Å²) in [4.78, 5) is 25.9. The van der Waals surface area contributed by atoms with Crippen LogP contribution in [0.2, 0.25) is 0 Å². The fraction of sp³-hybridized carbons (Fsp3) is 0.500. The summed E-state index contributed by atoms with van der Waals surface area (Å²) in [5.41, 5.74) is 2.86. The highest BCUT2D eigenvalue weighted by atomic mass is 32.2. The molecular formula is C16H19NO3S. The molecule has 1 aliphatic heterocycles. The fourth-order valence-electron chi connectivity index (χ4n) is 3.06. The third-order valence-electron chi connectivity index (χ3n) is 4.32. The molecule has 3 rings (SSSR count). The summed E-state index contributed by atoms with van der Waals surface area (Å²) in [5.74, 6) is -0.745. The van der Waals surface area contributed by atoms with Crippen LogP contribution in [0.25, 0.3) is 0 Å². The average molecular weight is 305 g/mol. The molecule has 1 heterocycles. The van der Waals surface area contributed by atoms with E-state index in [1.54, 1.807) is 16.7 Å². The van der Waals surface area contributed by atoms with Gasteiger partial charge in [-0.3, -0.25) is 9.59 Å². The molecule has 1 unspecified atom stereocenters. The normalized spacial score (nSPS) is 20.6. The van der Waals surface area contributed by atoms with Gasteiger partial charge in [-0.25, -0.2) is 0 Å². The van der Waals surface area contributed by atoms with Crippen LogP contribution in [0, 0.1) is 5.92 Å². The summed E-state index contributed by atoms with van der Waals surface area (Å²) in [5, 5.41) is 8.97. The van der Waals surface area contributed by atoms with Crippen molar-refractivity contribution in [1.82, 2.24) is 4.90 Å². The number of carboxylic acids is 1. The van der Waals surface area contributed by atoms with Crippen LogP contribution in [-0.2, 0) is 22.4 Å². The SMILES string of the molecule is O=C(O)C1CCN(C(=O)CSc2ccc3c(c2)CCC3)C1. The molecular weight excluding hydrogens is 286 g/mol. The smallest absolute Gasteiger partial charge is 0.308 e. The van der Waals surface area contributed by atoms with Crippen LogP contribution < -0.4 is 0 Å². The number of hydrogen-bond acceptors (Lipinski definition) is 3. The van der Waals surface area contributed by atoms with Crippen LogP contribution in [0.3, 0.4) is 0 Å². The lowest BCUT2D eigenvalue weighted by Crippen LogP contribution is -2.31. The number of likely N-dealkylation sites (tertiary alicyclic amines) is 1. The first kappa shape index (κ1) is 14.4. The van der Waals surface area contributed by atoms with E-state index in [1.165, 1.54) is 24.0 Å². The maximum absolute atomic E-state index is 12.1. The van der Waals surface area contributed by atoms with E-state index >= 15 is 0 Å². The van der Waals surface area contributed by atoms with E-state index in [1.807, 2.05) is 0 Å². The predicted octanol–water partition coefficient (Wildman–Crippen LogP) is 2.20. The zero-order chi connectivity index (χ0) is 14.8. The number of hydrogen-bond donors (Lipinski definition) is 1. The monoisotopic (exact) mass is 305 g/mol. The first-order valence-electron chi connectivity index (χ1n) is 7.38. The molecule has 1 aliphatic carbocycles. The van der Waals surface area contributed by atoms with Gasteiger partial charge < -0.3 is 10.0 Å². The fourth-order valence-corrected chi connectivity index (χ4v) is 3.93. The molecule has 5 heteroatoms. The highest BCUT2D eigenvalue weighted by molar-refractivity contribution is 8.00. The lowest BCUT2D eigenvalue weighted by Gasteiger charge is -2.15. The number of thioether (sulfide) groups is 1. The van der Waals surface area contributed by atoms with Gasteiger partial charge in [0.25, 0.3) is 0 Å². The molecule has 4 nitrogen and oxygen atoms in total. The van der Waals surface area contributed by atoms with Crippen molar-refractivity contribution in [3.05, 3.63) is 29.3 Å². The molecule has 1 atom stereocenters. The van der Waals surface area contributed by atoms with Gasteiger partial charge in [-0.05, 0) is 48.9 Å². The van der Waals surface area contributed by atoms with Crippen molar-refractivity contribution in [2.75, 3.05) is 18.8 Å². The Labute approximate surface area is 128 Å². The van der Waals surface area contributed by atoms with E-state index in [0.29, 0.717) is 25.3 Å². The topological polar surface area (TPSA) is 57.6 Å². The minimum Gasteiger partial charge on any atom is -0.481 e. The van der Waals surface area contributed by atoms with Crippen molar-refractivity contribution in [3.8, 4) is 0 Å². The summed E-state index contributed by atoms with van der Waals surface area (Å²) in [6.07, 6.45) is 4.12. The number of benzene rings is 1. The van der Waals surface area contributed by atoms with Gasteiger partial charge in [0.05, 0.1) is 11.7 Å². The molecule has 1 fully saturated rings. The van der Waals surface area contributed by atoms with Gasteiger partial charge in [0.15, 0.2) is 0 Å². The Morgan fingerprint density at radius 1 is 1.29 bits per heavy atom. The molecule has 2 aliphatic rings. The molecule has 0 aromatic heterocycles. The van der Waals surface area contributed by atoms with E-state index < -0.39 is 5.97 Å². The van der Waals surface area contributed by atoms with Gasteiger partial charge >= 0.3 is 5.97 Å². The van der Waals surface area contributed by atoms with E-state index in [9.17, 15) is 9.59 Å². The second-order valence-electron chi connectivity index (χ2n) is 5.74. The van der Waals surface area contributed by atoms with Crippen LogP contribution >= 0.6 is 11.8 Å². The van der Waals surface area contributed by atoms with E-state index in [0.717, 1.165) is 11.3 Å². The van der Waals surface area contributed by atoms with Gasteiger partial charge in [-0.1, -0.05) is 6.07 Å². The maximum atomic E-state index is 12.1. The molecule has 1 N–H and O–H groups in total. The quantitative estimate of drug-likeness (QED) is 0.867. The Balaban J connectivity index is 1.53. The summed E-state index contributed by atoms with van der Waals surface area (Å²) in [6, 6.07) is 6.46. The lowest BCUT2D eigenvalue weighted by molar-refractivity contribution is -0.141. The lowest BCUT2D eigenvalue weighted by atomic mass is 10.1. The highest BCUT2D eigenvalue weighted by Gasteiger charge is 2.30. The molecule has 0 spiro atoms. The average Bonchev–Trinajstić information content (AvgIpc) is 3.12. The first-order valence-corrected chi connectivity index (χ1v) is 8.37. The molecule has 0 bridgehead atoms. The number of fused-ring (bicyclic) bond motifs is 1. The maximum Gasteiger partial charge on any atom is 0.308 e. The van der Waals surface area contributed by atoms with Crippen LogP contribution in [0.15, 0.2) is 23.1 Å². The van der Waals surface area contributed by atoms with Gasteiger partial charge in [0.1, 0.15) is 0 Å². The van der Waals surface area contributed by atoms with Gasteiger partial charge in [-0.15, -0.1) is 11.8 Å². The summed E-state index contributed by atoms with van der Waals surface area (Å²) in [6.45, 7) is 0.930. The highest BCUT2D eigenvalue weighted by Crippen LogP contribution is 2.28. The molecule has 1 aromatic rings. The number of carbonyl (C=O) groups is 2. The molecule has 1 amide bonds. The van der Waals surface area contributed by atoms with Crippen molar-refractivity contribution in [1.29, 1.82) is 0 Å². The van der Waals surface area contributed by atoms with Crippen molar-refractivity contribution in [3.63, 3.8) is 0 Å². The Kier molecular flexibility index (Phi) is 4.19. The van der Waals surface area contributed by atoms with E-state index in [-0.39, 0.29) is 11.8 Å². The Bertz CT molecular complexity index is 573. The molecule has 1 saturated heterocycles. The second kappa shape index (κ2) is 6.10. The number of aliphatic carboxylic acids is 1. The Morgan fingerprint density at radius 3 is 2.86 bits per heavy atom. The number of aryl methyl sites for hydroxylation is 2. The Hall–Kier alpha value is -1.49. The molecule has 112 valence electrons. The van der Waals surface area contributed by atoms with Crippen LogP contribution in [0.5, 0.6) is 0 Å². The molecule has 21 heavy (non-hydrogen) atoms. The molecule has 0 radical (unpaired) electrons. The van der Waals surface area contributed by atoms with E-state index in [4.69, 9.17) is 5.11 Å². The summed E-state index contributed by atoms with van der Waals surface area (Å²) in [7, 11) is 0. The Morgan fingerprint density at radius 2 is 2.10 bits per heavy atom. The number of amides is 1. The van der Waals surface area contributed by atoms with E-state index in [2.05, 4.69) is 18.2 Å². The standard InChI is InChI=1S/C16H19NO3S/c18-15(17-7-6-13(9-17)16(19)20)10-21-14-5-4-11-2-1-3-12(11)8-14/h4-5,8,13H,1-3,6-7,9-10H2,(H,19,20). The van der Waals surface area contributed by atoms with Crippen molar-refractivity contribution >= 4 is 23.6 Å². The number of carboxylic acid groups (broad SMARTS) is 1. The third kappa shape index (κ3) is 3.23. The van der Waals surface area contributed by atoms with Crippen LogP contribution in [-0.4, -0.2) is 40.7 Å². The second-order valence-corrected chi connectivity index (χ2v) is 6.79. The first-order chi connectivity index (χ1) is 10.1. The van der Waals surface area contributed by atoms with Crippen LogP contribution in [0.4, 0.5) is 0 Å². The zero-order valence-corrected chi connectivity index (χ0v) is 12.7. The number of rotatable bonds is 4. The minimum absolute atomic E-state index is 0.0456.